The Balaban J connectivity index is 2.29. The van der Waals surface area contributed by atoms with E-state index < -0.39 is 12.1 Å². The van der Waals surface area contributed by atoms with Crippen LogP contribution in [0.3, 0.4) is 0 Å². The molecule has 140 valence electrons. The van der Waals surface area contributed by atoms with Crippen LogP contribution in [0.5, 0.6) is 0 Å². The molecule has 0 radical (unpaired) electrons. The minimum atomic E-state index is -0.953. The minimum Gasteiger partial charge on any atom is -0.466 e. The number of methoxy groups -OCH3 is 1. The van der Waals surface area contributed by atoms with E-state index >= 15 is 0 Å². The Hall–Kier alpha value is -1.42. The SMILES string of the molecule is COC(=O)/C=C(\C=O)[C@H](O)C[C@@H]1C(C)=CC[C@@H]2C(C)(C)CCC[C@@]12C. The van der Waals surface area contributed by atoms with Gasteiger partial charge in [-0.25, -0.2) is 4.79 Å². The van der Waals surface area contributed by atoms with Crippen LogP contribution in [0.1, 0.15) is 59.8 Å². The molecule has 0 amide bonds. The molecule has 0 aliphatic heterocycles. The van der Waals surface area contributed by atoms with Crippen molar-refractivity contribution in [1.82, 2.24) is 0 Å². The molecule has 1 saturated carbocycles. The number of rotatable bonds is 5. The van der Waals surface area contributed by atoms with Gasteiger partial charge in [0.15, 0.2) is 0 Å². The lowest BCUT2D eigenvalue weighted by molar-refractivity contribution is -0.135. The Morgan fingerprint density at radius 2 is 2.08 bits per heavy atom. The number of aliphatic hydroxyl groups is 1. The lowest BCUT2D eigenvalue weighted by Crippen LogP contribution is -2.49. The number of allylic oxidation sites excluding steroid dienone is 2. The van der Waals surface area contributed by atoms with Crippen molar-refractivity contribution in [2.45, 2.75) is 65.9 Å². The van der Waals surface area contributed by atoms with Crippen LogP contribution in [0.25, 0.3) is 0 Å². The molecule has 1 N–H and O–H groups in total. The van der Waals surface area contributed by atoms with Crippen molar-refractivity contribution in [3.8, 4) is 0 Å². The molecule has 25 heavy (non-hydrogen) atoms. The fourth-order valence-electron chi connectivity index (χ4n) is 5.36. The van der Waals surface area contributed by atoms with Crippen LogP contribution in [-0.4, -0.2) is 30.6 Å². The fraction of sp³-hybridized carbons (Fsp3) is 0.714. The van der Waals surface area contributed by atoms with E-state index in [9.17, 15) is 14.7 Å². The summed E-state index contributed by atoms with van der Waals surface area (Å²) in [6.45, 7) is 9.18. The highest BCUT2D eigenvalue weighted by molar-refractivity contribution is 5.90. The molecule has 0 unspecified atom stereocenters. The summed E-state index contributed by atoms with van der Waals surface area (Å²) in [6.07, 6.45) is 8.13. The van der Waals surface area contributed by atoms with Gasteiger partial charge in [0.05, 0.1) is 13.2 Å². The van der Waals surface area contributed by atoms with Crippen LogP contribution in [-0.2, 0) is 14.3 Å². The lowest BCUT2D eigenvalue weighted by Gasteiger charge is -2.57. The van der Waals surface area contributed by atoms with Crippen LogP contribution in [0.4, 0.5) is 0 Å². The normalized spacial score (nSPS) is 33.0. The first-order chi connectivity index (χ1) is 11.7. The van der Waals surface area contributed by atoms with Gasteiger partial charge in [0.1, 0.15) is 6.29 Å². The van der Waals surface area contributed by atoms with Gasteiger partial charge in [0.2, 0.25) is 0 Å². The number of carbonyl (C=O) groups is 2. The Bertz CT molecular complexity index is 587. The van der Waals surface area contributed by atoms with E-state index in [0.29, 0.717) is 18.6 Å². The third kappa shape index (κ3) is 3.89. The van der Waals surface area contributed by atoms with Crippen molar-refractivity contribution in [3.63, 3.8) is 0 Å². The Morgan fingerprint density at radius 3 is 2.68 bits per heavy atom. The number of ether oxygens (including phenoxy) is 1. The van der Waals surface area contributed by atoms with Gasteiger partial charge in [-0.05, 0) is 55.3 Å². The van der Waals surface area contributed by atoms with Crippen LogP contribution in [0.15, 0.2) is 23.3 Å². The maximum atomic E-state index is 11.4. The summed E-state index contributed by atoms with van der Waals surface area (Å²) in [6, 6.07) is 0. The summed E-state index contributed by atoms with van der Waals surface area (Å²) in [5.74, 6) is 0.167. The van der Waals surface area contributed by atoms with Gasteiger partial charge in [0.25, 0.3) is 0 Å². The number of fused-ring (bicyclic) bond motifs is 1. The average Bonchev–Trinajstić information content (AvgIpc) is 2.54. The molecular formula is C21H32O4. The molecule has 0 aromatic heterocycles. The van der Waals surface area contributed by atoms with Crippen LogP contribution >= 0.6 is 0 Å². The van der Waals surface area contributed by atoms with Crippen molar-refractivity contribution < 1.29 is 19.4 Å². The smallest absolute Gasteiger partial charge is 0.330 e. The molecule has 4 atom stereocenters. The van der Waals surface area contributed by atoms with Crippen LogP contribution in [0.2, 0.25) is 0 Å². The number of hydrogen-bond acceptors (Lipinski definition) is 4. The highest BCUT2D eigenvalue weighted by Crippen LogP contribution is 2.60. The molecule has 4 nitrogen and oxygen atoms in total. The highest BCUT2D eigenvalue weighted by atomic mass is 16.5. The van der Waals surface area contributed by atoms with Gasteiger partial charge >= 0.3 is 5.97 Å². The summed E-state index contributed by atoms with van der Waals surface area (Å²) in [4.78, 5) is 22.8. The van der Waals surface area contributed by atoms with Crippen LogP contribution in [0, 0.1) is 22.7 Å². The Labute approximate surface area is 151 Å². The Kier molecular flexibility index (Phi) is 5.93. The van der Waals surface area contributed by atoms with Crippen LogP contribution < -0.4 is 0 Å². The van der Waals surface area contributed by atoms with Crippen molar-refractivity contribution in [3.05, 3.63) is 23.3 Å². The van der Waals surface area contributed by atoms with Gasteiger partial charge in [-0.15, -0.1) is 0 Å². The molecule has 4 heteroatoms. The molecule has 2 rings (SSSR count). The first-order valence-electron chi connectivity index (χ1n) is 9.25. The average molecular weight is 348 g/mol. The molecule has 0 saturated heterocycles. The van der Waals surface area contributed by atoms with E-state index in [1.807, 2.05) is 0 Å². The summed E-state index contributed by atoms with van der Waals surface area (Å²) < 4.78 is 4.58. The van der Waals surface area contributed by atoms with Gasteiger partial charge in [-0.3, -0.25) is 4.79 Å². The molecule has 0 aromatic rings. The zero-order valence-electron chi connectivity index (χ0n) is 16.2. The monoisotopic (exact) mass is 348 g/mol. The van der Waals surface area contributed by atoms with E-state index in [2.05, 4.69) is 38.5 Å². The maximum Gasteiger partial charge on any atom is 0.330 e. The molecule has 1 fully saturated rings. The topological polar surface area (TPSA) is 63.6 Å². The number of aliphatic hydroxyl groups excluding tert-OH is 1. The van der Waals surface area contributed by atoms with Gasteiger partial charge < -0.3 is 9.84 Å². The zero-order chi connectivity index (χ0) is 18.8. The molecule has 2 aliphatic rings. The second-order valence-electron chi connectivity index (χ2n) is 8.67. The minimum absolute atomic E-state index is 0.0976. The van der Waals surface area contributed by atoms with Gasteiger partial charge in [0, 0.05) is 11.6 Å². The lowest BCUT2D eigenvalue weighted by atomic mass is 9.48. The molecule has 0 spiro atoms. The summed E-state index contributed by atoms with van der Waals surface area (Å²) in [7, 11) is 1.26. The zero-order valence-corrected chi connectivity index (χ0v) is 16.2. The number of esters is 1. The summed E-state index contributed by atoms with van der Waals surface area (Å²) in [5.41, 5.74) is 1.78. The second kappa shape index (κ2) is 7.45. The fourth-order valence-corrected chi connectivity index (χ4v) is 5.36. The summed E-state index contributed by atoms with van der Waals surface area (Å²) in [5, 5.41) is 10.6. The third-order valence-corrected chi connectivity index (χ3v) is 6.76. The highest BCUT2D eigenvalue weighted by Gasteiger charge is 2.52. The first-order valence-corrected chi connectivity index (χ1v) is 9.25. The van der Waals surface area contributed by atoms with Crippen molar-refractivity contribution >= 4 is 12.3 Å². The number of aldehydes is 1. The standard InChI is InChI=1S/C21H32O4/c1-14-7-8-18-20(2,3)9-6-10-21(18,4)16(14)12-17(23)15(13-22)11-19(24)25-5/h7,11,13,16-18,23H,6,8-10,12H2,1-5H3/b15-11+/t16-,17-,18-,21+/m1/s1. The van der Waals surface area contributed by atoms with Gasteiger partial charge in [-0.2, -0.15) is 0 Å². The largest absolute Gasteiger partial charge is 0.466 e. The second-order valence-corrected chi connectivity index (χ2v) is 8.67. The molecule has 0 aromatic carbocycles. The maximum absolute atomic E-state index is 11.4. The van der Waals surface area contributed by atoms with Crippen molar-refractivity contribution in [2.75, 3.05) is 7.11 Å². The van der Waals surface area contributed by atoms with Crippen molar-refractivity contribution in [2.24, 2.45) is 22.7 Å². The Morgan fingerprint density at radius 1 is 1.40 bits per heavy atom. The number of hydrogen-bond donors (Lipinski definition) is 1. The predicted molar refractivity (Wildman–Crippen MR) is 97.9 cm³/mol. The number of carbonyl (C=O) groups excluding carboxylic acids is 2. The van der Waals surface area contributed by atoms with Crippen molar-refractivity contribution in [1.29, 1.82) is 0 Å². The van der Waals surface area contributed by atoms with E-state index in [4.69, 9.17) is 0 Å². The quantitative estimate of drug-likeness (QED) is 0.355. The van der Waals surface area contributed by atoms with E-state index in [1.165, 1.54) is 25.5 Å². The molecule has 2 aliphatic carbocycles. The molecule has 0 heterocycles. The van der Waals surface area contributed by atoms with E-state index in [1.54, 1.807) is 0 Å². The van der Waals surface area contributed by atoms with E-state index in [-0.39, 0.29) is 22.3 Å². The summed E-state index contributed by atoms with van der Waals surface area (Å²) >= 11 is 0. The predicted octanol–water partition coefficient (Wildman–Crippen LogP) is 3.83. The van der Waals surface area contributed by atoms with E-state index in [0.717, 1.165) is 18.9 Å². The third-order valence-electron chi connectivity index (χ3n) is 6.76. The first kappa shape index (κ1) is 19.9. The molecular weight excluding hydrogens is 316 g/mol. The van der Waals surface area contributed by atoms with Gasteiger partial charge in [-0.1, -0.05) is 38.8 Å². The molecule has 0 bridgehead atoms.